The molecule has 1 amide bonds. The Morgan fingerprint density at radius 3 is 2.72 bits per heavy atom. The molecule has 3 rings (SSSR count). The Labute approximate surface area is 167 Å². The summed E-state index contributed by atoms with van der Waals surface area (Å²) in [6, 6.07) is 9.53. The van der Waals surface area contributed by atoms with Crippen LogP contribution in [0.2, 0.25) is 0 Å². The van der Waals surface area contributed by atoms with E-state index in [0.29, 0.717) is 11.3 Å². The number of carbonyl (C=O) groups excluding carboxylic acids is 2. The van der Waals surface area contributed by atoms with E-state index in [1.54, 1.807) is 30.3 Å². The van der Waals surface area contributed by atoms with Crippen LogP contribution in [0.3, 0.4) is 0 Å². The van der Waals surface area contributed by atoms with Gasteiger partial charge in [-0.3, -0.25) is 9.59 Å². The number of benzene rings is 2. The van der Waals surface area contributed by atoms with Gasteiger partial charge in [0.2, 0.25) is 0 Å². The van der Waals surface area contributed by atoms with Crippen LogP contribution in [0.4, 0.5) is 4.39 Å². The molecule has 0 spiro atoms. The highest BCUT2D eigenvalue weighted by atomic mass is 19.1. The molecule has 1 atom stereocenters. The van der Waals surface area contributed by atoms with Gasteiger partial charge in [0.15, 0.2) is 0 Å². The highest BCUT2D eigenvalue weighted by Gasteiger charge is 2.44. The van der Waals surface area contributed by atoms with Gasteiger partial charge in [0.05, 0.1) is 24.3 Å². The highest BCUT2D eigenvalue weighted by Crippen LogP contribution is 2.40. The Bertz CT molecular complexity index is 1010. The molecular formula is C22H20FNO5. The normalized spacial score (nSPS) is 18.0. The van der Waals surface area contributed by atoms with E-state index in [0.717, 1.165) is 6.07 Å². The maximum Gasteiger partial charge on any atom is 0.295 e. The summed E-state index contributed by atoms with van der Waals surface area (Å²) in [5.74, 6) is -2.07. The number of hydrogen-bond donors (Lipinski definition) is 1. The summed E-state index contributed by atoms with van der Waals surface area (Å²) in [5, 5.41) is 10.9. The van der Waals surface area contributed by atoms with E-state index in [2.05, 4.69) is 6.58 Å². The van der Waals surface area contributed by atoms with Crippen molar-refractivity contribution in [2.75, 3.05) is 20.8 Å². The smallest absolute Gasteiger partial charge is 0.295 e. The first-order valence-electron chi connectivity index (χ1n) is 8.81. The summed E-state index contributed by atoms with van der Waals surface area (Å²) in [5.41, 5.74) is 0.399. The summed E-state index contributed by atoms with van der Waals surface area (Å²) in [4.78, 5) is 26.3. The number of ether oxygens (including phenoxy) is 2. The van der Waals surface area contributed by atoms with Gasteiger partial charge in [0.25, 0.3) is 11.7 Å². The molecule has 1 aliphatic rings. The number of hydrogen-bond acceptors (Lipinski definition) is 5. The second kappa shape index (κ2) is 8.18. The number of methoxy groups -OCH3 is 1. The number of rotatable bonds is 6. The van der Waals surface area contributed by atoms with Crippen LogP contribution >= 0.6 is 0 Å². The number of ketones is 1. The van der Waals surface area contributed by atoms with E-state index >= 15 is 0 Å². The van der Waals surface area contributed by atoms with Crippen molar-refractivity contribution in [2.24, 2.45) is 0 Å². The van der Waals surface area contributed by atoms with Crippen molar-refractivity contribution in [2.45, 2.75) is 6.04 Å². The molecule has 1 aliphatic heterocycles. The van der Waals surface area contributed by atoms with Gasteiger partial charge in [0, 0.05) is 7.05 Å². The molecule has 0 bridgehead atoms. The number of aliphatic hydroxyl groups is 1. The fraction of sp³-hybridized carbons (Fsp3) is 0.182. The molecule has 1 unspecified atom stereocenters. The summed E-state index contributed by atoms with van der Waals surface area (Å²) in [7, 11) is 2.82. The van der Waals surface area contributed by atoms with Crippen molar-refractivity contribution in [3.8, 4) is 11.5 Å². The quantitative estimate of drug-likeness (QED) is 0.350. The minimum absolute atomic E-state index is 0.0111. The average Bonchev–Trinajstić information content (AvgIpc) is 2.95. The van der Waals surface area contributed by atoms with Gasteiger partial charge >= 0.3 is 0 Å². The predicted octanol–water partition coefficient (Wildman–Crippen LogP) is 3.45. The molecule has 0 saturated carbocycles. The Kier molecular flexibility index (Phi) is 5.68. The fourth-order valence-corrected chi connectivity index (χ4v) is 3.28. The van der Waals surface area contributed by atoms with Gasteiger partial charge in [-0.15, -0.1) is 0 Å². The fourth-order valence-electron chi connectivity index (χ4n) is 3.28. The van der Waals surface area contributed by atoms with Gasteiger partial charge in [0.1, 0.15) is 29.7 Å². The zero-order chi connectivity index (χ0) is 21.1. The first-order valence-corrected chi connectivity index (χ1v) is 8.81. The molecule has 29 heavy (non-hydrogen) atoms. The lowest BCUT2D eigenvalue weighted by atomic mass is 9.95. The minimum Gasteiger partial charge on any atom is -0.507 e. The standard InChI is InChI=1S/C22H20FNO5/c1-4-10-29-15-7-5-6-13(11-15)19-18(21(26)22(27)24(19)2)20(25)16-12-14(23)8-9-17(16)28-3/h4-9,11-12,19,25H,1,10H2,2-3H3/b20-18+. The molecule has 7 heteroatoms. The van der Waals surface area contributed by atoms with Gasteiger partial charge in [-0.1, -0.05) is 24.8 Å². The third kappa shape index (κ3) is 3.71. The third-order valence-electron chi connectivity index (χ3n) is 4.63. The first-order chi connectivity index (χ1) is 13.9. The van der Waals surface area contributed by atoms with Crippen LogP contribution in [-0.2, 0) is 9.59 Å². The third-order valence-corrected chi connectivity index (χ3v) is 4.63. The van der Waals surface area contributed by atoms with E-state index in [1.165, 1.54) is 31.2 Å². The van der Waals surface area contributed by atoms with Crippen molar-refractivity contribution in [3.05, 3.63) is 77.6 Å². The number of likely N-dealkylation sites (tertiary alicyclic amines) is 1. The van der Waals surface area contributed by atoms with Gasteiger partial charge in [-0.2, -0.15) is 0 Å². The molecule has 150 valence electrons. The maximum absolute atomic E-state index is 13.8. The number of aliphatic hydroxyl groups excluding tert-OH is 1. The number of Topliss-reactive ketones (excluding diaryl/α,β-unsaturated/α-hetero) is 1. The average molecular weight is 397 g/mol. The Morgan fingerprint density at radius 1 is 1.28 bits per heavy atom. The molecule has 0 aromatic heterocycles. The molecule has 1 saturated heterocycles. The van der Waals surface area contributed by atoms with Gasteiger partial charge < -0.3 is 19.5 Å². The lowest BCUT2D eigenvalue weighted by molar-refractivity contribution is -0.139. The van der Waals surface area contributed by atoms with Crippen LogP contribution in [0.25, 0.3) is 5.76 Å². The molecule has 2 aromatic carbocycles. The van der Waals surface area contributed by atoms with Crippen LogP contribution in [0.15, 0.2) is 60.7 Å². The molecule has 0 radical (unpaired) electrons. The molecule has 1 N–H and O–H groups in total. The van der Waals surface area contributed by atoms with Crippen LogP contribution < -0.4 is 9.47 Å². The minimum atomic E-state index is -0.866. The van der Waals surface area contributed by atoms with Crippen LogP contribution in [0.5, 0.6) is 11.5 Å². The molecule has 2 aromatic rings. The number of nitrogens with zero attached hydrogens (tertiary/aromatic N) is 1. The molecule has 1 fully saturated rings. The van der Waals surface area contributed by atoms with E-state index in [1.807, 2.05) is 0 Å². The highest BCUT2D eigenvalue weighted by molar-refractivity contribution is 6.46. The zero-order valence-corrected chi connectivity index (χ0v) is 16.0. The van der Waals surface area contributed by atoms with E-state index in [-0.39, 0.29) is 23.5 Å². The van der Waals surface area contributed by atoms with E-state index in [4.69, 9.17) is 9.47 Å². The molecular weight excluding hydrogens is 377 g/mol. The van der Waals surface area contributed by atoms with Crippen molar-refractivity contribution in [3.63, 3.8) is 0 Å². The molecule has 1 heterocycles. The Hall–Kier alpha value is -3.61. The van der Waals surface area contributed by atoms with Crippen LogP contribution in [-0.4, -0.2) is 42.5 Å². The SMILES string of the molecule is C=CCOc1cccc(C2/C(=C(\O)c3cc(F)ccc3OC)C(=O)C(=O)N2C)c1. The monoisotopic (exact) mass is 397 g/mol. The Balaban J connectivity index is 2.17. The van der Waals surface area contributed by atoms with Crippen molar-refractivity contribution in [1.82, 2.24) is 4.90 Å². The van der Waals surface area contributed by atoms with Crippen molar-refractivity contribution in [1.29, 1.82) is 0 Å². The topological polar surface area (TPSA) is 76.1 Å². The molecule has 0 aliphatic carbocycles. The number of amides is 1. The number of halogens is 1. The summed E-state index contributed by atoms with van der Waals surface area (Å²) < 4.78 is 24.5. The number of likely N-dealkylation sites (N-methyl/N-ethyl adjacent to an activating group) is 1. The summed E-state index contributed by atoms with van der Waals surface area (Å²) in [6.45, 7) is 3.88. The second-order valence-corrected chi connectivity index (χ2v) is 6.43. The van der Waals surface area contributed by atoms with Crippen molar-refractivity contribution >= 4 is 17.4 Å². The molecule has 6 nitrogen and oxygen atoms in total. The maximum atomic E-state index is 13.8. The van der Waals surface area contributed by atoms with Gasteiger partial charge in [-0.05, 0) is 35.9 Å². The van der Waals surface area contributed by atoms with Gasteiger partial charge in [-0.25, -0.2) is 4.39 Å². The van der Waals surface area contributed by atoms with Crippen LogP contribution in [0.1, 0.15) is 17.2 Å². The lowest BCUT2D eigenvalue weighted by Crippen LogP contribution is -2.24. The van der Waals surface area contributed by atoms with Crippen LogP contribution in [0, 0.1) is 5.82 Å². The van der Waals surface area contributed by atoms with E-state index in [9.17, 15) is 19.1 Å². The number of carbonyl (C=O) groups is 2. The van der Waals surface area contributed by atoms with Crippen molar-refractivity contribution < 1.29 is 28.6 Å². The first kappa shape index (κ1) is 20.1. The lowest BCUT2D eigenvalue weighted by Gasteiger charge is -2.22. The summed E-state index contributed by atoms with van der Waals surface area (Å²) >= 11 is 0. The summed E-state index contributed by atoms with van der Waals surface area (Å²) in [6.07, 6.45) is 1.59. The Morgan fingerprint density at radius 2 is 2.03 bits per heavy atom. The van der Waals surface area contributed by atoms with E-state index < -0.39 is 29.3 Å². The second-order valence-electron chi connectivity index (χ2n) is 6.43. The largest absolute Gasteiger partial charge is 0.507 e. The zero-order valence-electron chi connectivity index (χ0n) is 16.0. The predicted molar refractivity (Wildman–Crippen MR) is 105 cm³/mol.